The molecule has 25 heavy (non-hydrogen) atoms. The summed E-state index contributed by atoms with van der Waals surface area (Å²) in [7, 11) is -3.50. The highest BCUT2D eigenvalue weighted by Crippen LogP contribution is 2.29. The Morgan fingerprint density at radius 1 is 0.960 bits per heavy atom. The first-order chi connectivity index (χ1) is 11.6. The number of methoxy groups -OCH3 is 1. The monoisotopic (exact) mass is 384 g/mol. The molecule has 0 saturated heterocycles. The molecule has 136 valence electrons. The molecule has 2 rings (SSSR count). The summed E-state index contributed by atoms with van der Waals surface area (Å²) in [6.07, 6.45) is 0. The Kier molecular flexibility index (Phi) is 5.40. The van der Waals surface area contributed by atoms with Crippen molar-refractivity contribution < 1.29 is 21.6 Å². The first-order valence-electron chi connectivity index (χ1n) is 7.28. The smallest absolute Gasteiger partial charge is 0.261 e. The van der Waals surface area contributed by atoms with E-state index in [0.29, 0.717) is 0 Å². The quantitative estimate of drug-likeness (QED) is 0.823. The van der Waals surface area contributed by atoms with Gasteiger partial charge in [-0.3, -0.25) is 4.72 Å². The zero-order valence-electron chi connectivity index (χ0n) is 14.3. The topological polar surface area (TPSA) is 92.8 Å². The molecule has 0 atom stereocenters. The van der Waals surface area contributed by atoms with Crippen LogP contribution in [-0.4, -0.2) is 42.3 Å². The van der Waals surface area contributed by atoms with E-state index < -0.39 is 20.0 Å². The van der Waals surface area contributed by atoms with Gasteiger partial charge >= 0.3 is 0 Å². The van der Waals surface area contributed by atoms with Crippen molar-refractivity contribution in [2.45, 2.75) is 16.7 Å². The molecule has 0 spiro atoms. The van der Waals surface area contributed by atoms with Crippen LogP contribution in [0.25, 0.3) is 0 Å². The van der Waals surface area contributed by atoms with E-state index in [1.54, 1.807) is 12.1 Å². The van der Waals surface area contributed by atoms with Crippen LogP contribution in [0, 0.1) is 6.92 Å². The van der Waals surface area contributed by atoms with Gasteiger partial charge in [-0.25, -0.2) is 21.1 Å². The molecule has 0 radical (unpaired) electrons. The molecule has 7 nitrogen and oxygen atoms in total. The Bertz CT molecular complexity index is 966. The van der Waals surface area contributed by atoms with E-state index in [1.165, 1.54) is 51.5 Å². The van der Waals surface area contributed by atoms with Crippen molar-refractivity contribution in [2.75, 3.05) is 25.9 Å². The van der Waals surface area contributed by atoms with E-state index in [1.807, 2.05) is 6.92 Å². The minimum absolute atomic E-state index is 0.0888. The summed E-state index contributed by atoms with van der Waals surface area (Å²) < 4.78 is 58.2. The van der Waals surface area contributed by atoms with Crippen molar-refractivity contribution in [3.8, 4) is 5.75 Å². The van der Waals surface area contributed by atoms with Crippen LogP contribution >= 0.6 is 0 Å². The second kappa shape index (κ2) is 7.03. The van der Waals surface area contributed by atoms with Gasteiger partial charge in [-0.15, -0.1) is 0 Å². The first-order valence-corrected chi connectivity index (χ1v) is 10.2. The van der Waals surface area contributed by atoms with E-state index in [2.05, 4.69) is 4.72 Å². The molecule has 1 N–H and O–H groups in total. The molecule has 0 bridgehead atoms. The van der Waals surface area contributed by atoms with Crippen molar-refractivity contribution >= 4 is 25.7 Å². The molecule has 0 aliphatic heterocycles. The highest BCUT2D eigenvalue weighted by Gasteiger charge is 2.24. The van der Waals surface area contributed by atoms with Crippen LogP contribution < -0.4 is 9.46 Å². The number of rotatable bonds is 6. The van der Waals surface area contributed by atoms with Crippen molar-refractivity contribution in [1.29, 1.82) is 0 Å². The molecule has 0 aromatic heterocycles. The maximum absolute atomic E-state index is 12.5. The molecule has 9 heteroatoms. The number of nitrogens with one attached hydrogen (secondary N) is 1. The number of hydrogen-bond donors (Lipinski definition) is 1. The summed E-state index contributed by atoms with van der Waals surface area (Å²) in [5.74, 6) is 0.131. The number of hydrogen-bond acceptors (Lipinski definition) is 5. The van der Waals surface area contributed by atoms with Gasteiger partial charge in [0.25, 0.3) is 10.0 Å². The van der Waals surface area contributed by atoms with Crippen LogP contribution in [0.2, 0.25) is 0 Å². The molecule has 0 aliphatic carbocycles. The molecule has 0 unspecified atom stereocenters. The Morgan fingerprint density at radius 2 is 1.56 bits per heavy atom. The number of anilines is 1. The van der Waals surface area contributed by atoms with Crippen LogP contribution in [0.5, 0.6) is 5.75 Å². The van der Waals surface area contributed by atoms with Gasteiger partial charge in [0.2, 0.25) is 10.0 Å². The normalized spacial score (nSPS) is 12.2. The molecule has 2 aromatic carbocycles. The number of sulfonamides is 2. The molecule has 0 aliphatic rings. The summed E-state index contributed by atoms with van der Waals surface area (Å²) in [6, 6.07) is 10.4. The van der Waals surface area contributed by atoms with Gasteiger partial charge in [0, 0.05) is 14.1 Å². The Balaban J connectivity index is 2.46. The first kappa shape index (κ1) is 19.2. The summed E-state index contributed by atoms with van der Waals surface area (Å²) in [6.45, 7) is 1.85. The van der Waals surface area contributed by atoms with Crippen LogP contribution in [0.4, 0.5) is 5.69 Å². The second-order valence-electron chi connectivity index (χ2n) is 5.57. The number of benzene rings is 2. The highest BCUT2D eigenvalue weighted by atomic mass is 32.2. The van der Waals surface area contributed by atoms with E-state index in [4.69, 9.17) is 4.74 Å². The summed E-state index contributed by atoms with van der Waals surface area (Å²) in [4.78, 5) is -0.0324. The minimum atomic E-state index is -3.83. The lowest BCUT2D eigenvalue weighted by Gasteiger charge is -2.16. The van der Waals surface area contributed by atoms with Crippen LogP contribution in [0.3, 0.4) is 0 Å². The van der Waals surface area contributed by atoms with E-state index in [-0.39, 0.29) is 21.2 Å². The van der Waals surface area contributed by atoms with Gasteiger partial charge in [-0.2, -0.15) is 0 Å². The minimum Gasteiger partial charge on any atom is -0.495 e. The van der Waals surface area contributed by atoms with Gasteiger partial charge in [-0.05, 0) is 37.3 Å². The molecule has 0 amide bonds. The molecule has 2 aromatic rings. The van der Waals surface area contributed by atoms with Gasteiger partial charge in [0.05, 0.1) is 17.7 Å². The highest BCUT2D eigenvalue weighted by molar-refractivity contribution is 7.92. The third-order valence-electron chi connectivity index (χ3n) is 3.51. The Labute approximate surface area is 148 Å². The number of nitrogens with zero attached hydrogens (tertiary/aromatic N) is 1. The third-order valence-corrected chi connectivity index (χ3v) is 6.74. The molecule has 0 heterocycles. The zero-order chi connectivity index (χ0) is 18.8. The third kappa shape index (κ3) is 4.12. The summed E-state index contributed by atoms with van der Waals surface area (Å²) in [5.41, 5.74) is 1.06. The standard InChI is InChI=1S/C16H20N2O5S2/c1-12-5-8-14(9-6-12)24(19,20)17-13-7-10-15(23-4)16(11-13)25(21,22)18(2)3/h5-11,17H,1-4H3. The maximum Gasteiger partial charge on any atom is 0.261 e. The van der Waals surface area contributed by atoms with Gasteiger partial charge in [-0.1, -0.05) is 17.7 Å². The fourth-order valence-electron chi connectivity index (χ4n) is 2.07. The average molecular weight is 384 g/mol. The van der Waals surface area contributed by atoms with Crippen LogP contribution in [0.1, 0.15) is 5.56 Å². The van der Waals surface area contributed by atoms with Gasteiger partial charge in [0.1, 0.15) is 10.6 Å². The number of ether oxygens (including phenoxy) is 1. The lowest BCUT2D eigenvalue weighted by molar-refractivity contribution is 0.400. The predicted octanol–water partition coefficient (Wildman–Crippen LogP) is 2.05. The fraction of sp³-hybridized carbons (Fsp3) is 0.250. The van der Waals surface area contributed by atoms with Crippen molar-refractivity contribution in [3.63, 3.8) is 0 Å². The Morgan fingerprint density at radius 3 is 2.08 bits per heavy atom. The lowest BCUT2D eigenvalue weighted by Crippen LogP contribution is -2.23. The fourth-order valence-corrected chi connectivity index (χ4v) is 4.19. The number of aryl methyl sites for hydroxylation is 1. The molecule has 0 fully saturated rings. The molecule has 0 saturated carbocycles. The van der Waals surface area contributed by atoms with E-state index >= 15 is 0 Å². The van der Waals surface area contributed by atoms with Crippen molar-refractivity contribution in [2.24, 2.45) is 0 Å². The van der Waals surface area contributed by atoms with Crippen LogP contribution in [0.15, 0.2) is 52.3 Å². The van der Waals surface area contributed by atoms with Crippen molar-refractivity contribution in [1.82, 2.24) is 4.31 Å². The lowest BCUT2D eigenvalue weighted by atomic mass is 10.2. The van der Waals surface area contributed by atoms with E-state index in [0.717, 1.165) is 9.87 Å². The molecular formula is C16H20N2O5S2. The summed E-state index contributed by atoms with van der Waals surface area (Å²) in [5, 5.41) is 0. The summed E-state index contributed by atoms with van der Waals surface area (Å²) >= 11 is 0. The second-order valence-corrected chi connectivity index (χ2v) is 9.37. The van der Waals surface area contributed by atoms with E-state index in [9.17, 15) is 16.8 Å². The largest absolute Gasteiger partial charge is 0.495 e. The van der Waals surface area contributed by atoms with Gasteiger partial charge in [0.15, 0.2) is 0 Å². The Hall–Kier alpha value is -2.10. The maximum atomic E-state index is 12.5. The van der Waals surface area contributed by atoms with Crippen molar-refractivity contribution in [3.05, 3.63) is 48.0 Å². The molecular weight excluding hydrogens is 364 g/mol. The van der Waals surface area contributed by atoms with Gasteiger partial charge < -0.3 is 4.74 Å². The zero-order valence-corrected chi connectivity index (χ0v) is 16.0. The average Bonchev–Trinajstić information content (AvgIpc) is 2.54. The SMILES string of the molecule is COc1ccc(NS(=O)(=O)c2ccc(C)cc2)cc1S(=O)(=O)N(C)C. The van der Waals surface area contributed by atoms with Crippen LogP contribution in [-0.2, 0) is 20.0 Å². The predicted molar refractivity (Wildman–Crippen MR) is 95.9 cm³/mol.